The molecule has 0 aliphatic heterocycles. The number of nitrogens with two attached hydrogens (primary N) is 1. The minimum absolute atomic E-state index is 0.0523. The zero-order valence-electron chi connectivity index (χ0n) is 9.88. The van der Waals surface area contributed by atoms with Crippen molar-refractivity contribution in [2.75, 3.05) is 5.73 Å². The number of anilines is 1. The lowest BCUT2D eigenvalue weighted by atomic mass is 10.2. The van der Waals surface area contributed by atoms with Gasteiger partial charge in [-0.05, 0) is 35.9 Å². The molecule has 6 heteroatoms. The first-order valence-electron chi connectivity index (χ1n) is 5.44. The summed E-state index contributed by atoms with van der Waals surface area (Å²) in [5, 5.41) is 9.27. The van der Waals surface area contributed by atoms with Crippen molar-refractivity contribution < 1.29 is 13.5 Å². The molecule has 19 heavy (non-hydrogen) atoms. The first-order chi connectivity index (χ1) is 8.88. The molecule has 0 atom stereocenters. The molecule has 0 aromatic heterocycles. The van der Waals surface area contributed by atoms with Gasteiger partial charge in [0.15, 0.2) is 9.84 Å². The Labute approximate surface area is 116 Å². The molecule has 4 nitrogen and oxygen atoms in total. The SMILES string of the molecule is Nc1ccc(S(=O)(=O)Cc2ccc(O)cc2)c(Cl)c1. The van der Waals surface area contributed by atoms with Crippen LogP contribution in [0, 0.1) is 0 Å². The van der Waals surface area contributed by atoms with E-state index in [1.54, 1.807) is 12.1 Å². The molecule has 0 radical (unpaired) electrons. The van der Waals surface area contributed by atoms with Crippen LogP contribution in [0.2, 0.25) is 5.02 Å². The Bertz CT molecular complexity index is 696. The average Bonchev–Trinajstić information content (AvgIpc) is 2.31. The highest BCUT2D eigenvalue weighted by molar-refractivity contribution is 7.90. The van der Waals surface area contributed by atoms with Crippen molar-refractivity contribution in [2.24, 2.45) is 0 Å². The maximum absolute atomic E-state index is 12.2. The highest BCUT2D eigenvalue weighted by Crippen LogP contribution is 2.27. The molecule has 0 heterocycles. The van der Waals surface area contributed by atoms with E-state index in [1.807, 2.05) is 0 Å². The highest BCUT2D eigenvalue weighted by Gasteiger charge is 2.18. The molecule has 3 N–H and O–H groups in total. The first kappa shape index (κ1) is 13.7. The molecule has 2 aromatic carbocycles. The Balaban J connectivity index is 2.35. The lowest BCUT2D eigenvalue weighted by Crippen LogP contribution is -2.06. The summed E-state index contributed by atoms with van der Waals surface area (Å²) >= 11 is 5.91. The van der Waals surface area contributed by atoms with E-state index in [1.165, 1.54) is 30.3 Å². The Hall–Kier alpha value is -1.72. The van der Waals surface area contributed by atoms with Crippen LogP contribution < -0.4 is 5.73 Å². The van der Waals surface area contributed by atoms with Crippen molar-refractivity contribution in [2.45, 2.75) is 10.6 Å². The molecule has 0 spiro atoms. The van der Waals surface area contributed by atoms with Crippen molar-refractivity contribution in [3.8, 4) is 5.75 Å². The van der Waals surface area contributed by atoms with E-state index in [4.69, 9.17) is 22.4 Å². The number of benzene rings is 2. The summed E-state index contributed by atoms with van der Waals surface area (Å²) in [6.45, 7) is 0. The second-order valence-corrected chi connectivity index (χ2v) is 6.48. The lowest BCUT2D eigenvalue weighted by molar-refractivity contribution is 0.475. The zero-order valence-corrected chi connectivity index (χ0v) is 11.4. The van der Waals surface area contributed by atoms with Crippen LogP contribution in [0.5, 0.6) is 5.75 Å². The standard InChI is InChI=1S/C13H12ClNO3S/c14-12-7-10(15)3-6-13(12)19(17,18)8-9-1-4-11(16)5-2-9/h1-7,16H,8,15H2. The number of phenols is 1. The van der Waals surface area contributed by atoms with Gasteiger partial charge in [-0.3, -0.25) is 0 Å². The maximum atomic E-state index is 12.2. The summed E-state index contributed by atoms with van der Waals surface area (Å²) in [5.74, 6) is -0.0941. The molecule has 2 aromatic rings. The number of hydrogen-bond donors (Lipinski definition) is 2. The largest absolute Gasteiger partial charge is 0.508 e. The van der Waals surface area contributed by atoms with E-state index >= 15 is 0 Å². The fourth-order valence-corrected chi connectivity index (χ4v) is 3.62. The normalized spacial score (nSPS) is 11.4. The smallest absolute Gasteiger partial charge is 0.183 e. The van der Waals surface area contributed by atoms with Gasteiger partial charge in [0.1, 0.15) is 5.75 Å². The molecular weight excluding hydrogens is 286 g/mol. The Morgan fingerprint density at radius 1 is 1.11 bits per heavy atom. The van der Waals surface area contributed by atoms with Crippen molar-refractivity contribution >= 4 is 27.1 Å². The second-order valence-electron chi connectivity index (χ2n) is 4.12. The summed E-state index contributed by atoms with van der Waals surface area (Å²) in [7, 11) is -3.54. The number of hydrogen-bond acceptors (Lipinski definition) is 4. The van der Waals surface area contributed by atoms with Gasteiger partial charge in [-0.25, -0.2) is 8.42 Å². The third-order valence-corrected chi connectivity index (χ3v) is 4.75. The van der Waals surface area contributed by atoms with Crippen LogP contribution in [0.15, 0.2) is 47.4 Å². The molecule has 0 unspecified atom stereocenters. The minimum Gasteiger partial charge on any atom is -0.508 e. The van der Waals surface area contributed by atoms with E-state index < -0.39 is 9.84 Å². The third-order valence-electron chi connectivity index (χ3n) is 2.58. The number of sulfone groups is 1. The second kappa shape index (κ2) is 5.11. The molecular formula is C13H12ClNO3S. The van der Waals surface area contributed by atoms with Gasteiger partial charge in [-0.15, -0.1) is 0 Å². The fourth-order valence-electron chi connectivity index (χ4n) is 1.66. The zero-order chi connectivity index (χ0) is 14.0. The van der Waals surface area contributed by atoms with Crippen LogP contribution in [0.3, 0.4) is 0 Å². The summed E-state index contributed by atoms with van der Waals surface area (Å²) < 4.78 is 24.5. The van der Waals surface area contributed by atoms with Crippen LogP contribution in [-0.2, 0) is 15.6 Å². The van der Waals surface area contributed by atoms with Crippen LogP contribution in [0.4, 0.5) is 5.69 Å². The molecule has 100 valence electrons. The van der Waals surface area contributed by atoms with Crippen LogP contribution in [0.25, 0.3) is 0 Å². The number of halogens is 1. The van der Waals surface area contributed by atoms with E-state index in [9.17, 15) is 8.42 Å². The first-order valence-corrected chi connectivity index (χ1v) is 7.47. The third kappa shape index (κ3) is 3.19. The lowest BCUT2D eigenvalue weighted by Gasteiger charge is -2.07. The Morgan fingerprint density at radius 2 is 1.74 bits per heavy atom. The predicted molar refractivity (Wildman–Crippen MR) is 74.9 cm³/mol. The van der Waals surface area contributed by atoms with E-state index in [2.05, 4.69) is 0 Å². The van der Waals surface area contributed by atoms with E-state index in [0.29, 0.717) is 11.3 Å². The number of aromatic hydroxyl groups is 1. The van der Waals surface area contributed by atoms with Crippen molar-refractivity contribution in [1.82, 2.24) is 0 Å². The van der Waals surface area contributed by atoms with Gasteiger partial charge in [0.25, 0.3) is 0 Å². The maximum Gasteiger partial charge on any atom is 0.183 e. The van der Waals surface area contributed by atoms with Crippen LogP contribution >= 0.6 is 11.6 Å². The molecule has 2 rings (SSSR count). The van der Waals surface area contributed by atoms with Crippen LogP contribution in [0.1, 0.15) is 5.56 Å². The van der Waals surface area contributed by atoms with Crippen LogP contribution in [-0.4, -0.2) is 13.5 Å². The molecule has 0 aliphatic rings. The van der Waals surface area contributed by atoms with E-state index in [-0.39, 0.29) is 21.4 Å². The summed E-state index contributed by atoms with van der Waals surface area (Å²) in [5.41, 5.74) is 6.52. The van der Waals surface area contributed by atoms with Gasteiger partial charge in [-0.2, -0.15) is 0 Å². The summed E-state index contributed by atoms with van der Waals surface area (Å²) in [6, 6.07) is 10.3. The monoisotopic (exact) mass is 297 g/mol. The molecule has 0 saturated heterocycles. The Kier molecular flexibility index (Phi) is 3.68. The molecule has 0 saturated carbocycles. The number of rotatable bonds is 3. The van der Waals surface area contributed by atoms with Gasteiger partial charge < -0.3 is 10.8 Å². The van der Waals surface area contributed by atoms with Gasteiger partial charge >= 0.3 is 0 Å². The highest BCUT2D eigenvalue weighted by atomic mass is 35.5. The molecule has 0 amide bonds. The molecule has 0 aliphatic carbocycles. The van der Waals surface area contributed by atoms with Crippen molar-refractivity contribution in [1.29, 1.82) is 0 Å². The number of phenolic OH excluding ortho intramolecular Hbond substituents is 1. The minimum atomic E-state index is -3.54. The summed E-state index contributed by atoms with van der Waals surface area (Å²) in [4.78, 5) is 0.0523. The van der Waals surface area contributed by atoms with Gasteiger partial charge in [-0.1, -0.05) is 23.7 Å². The Morgan fingerprint density at radius 3 is 2.32 bits per heavy atom. The van der Waals surface area contributed by atoms with E-state index in [0.717, 1.165) is 0 Å². The average molecular weight is 298 g/mol. The topological polar surface area (TPSA) is 80.4 Å². The van der Waals surface area contributed by atoms with Gasteiger partial charge in [0.05, 0.1) is 15.7 Å². The molecule has 0 bridgehead atoms. The van der Waals surface area contributed by atoms with Gasteiger partial charge in [0, 0.05) is 5.69 Å². The fraction of sp³-hybridized carbons (Fsp3) is 0.0769. The van der Waals surface area contributed by atoms with Gasteiger partial charge in [0.2, 0.25) is 0 Å². The quantitative estimate of drug-likeness (QED) is 0.853. The van der Waals surface area contributed by atoms with Crippen molar-refractivity contribution in [3.63, 3.8) is 0 Å². The number of nitrogen functional groups attached to an aromatic ring is 1. The predicted octanol–water partition coefficient (Wildman–Crippen LogP) is 2.60. The van der Waals surface area contributed by atoms with Crippen molar-refractivity contribution in [3.05, 3.63) is 53.1 Å². The molecule has 0 fully saturated rings. The summed E-state index contributed by atoms with van der Waals surface area (Å²) in [6.07, 6.45) is 0.